The number of fused-ring (bicyclic) bond motifs is 1. The maximum absolute atomic E-state index is 12.3. The quantitative estimate of drug-likeness (QED) is 0.520. The van der Waals surface area contributed by atoms with Crippen molar-refractivity contribution in [3.05, 3.63) is 53.6 Å². The van der Waals surface area contributed by atoms with E-state index in [4.69, 9.17) is 14.2 Å². The highest BCUT2D eigenvalue weighted by atomic mass is 32.2. The van der Waals surface area contributed by atoms with Crippen molar-refractivity contribution in [3.8, 4) is 11.5 Å². The van der Waals surface area contributed by atoms with Gasteiger partial charge in [0.1, 0.15) is 24.7 Å². The summed E-state index contributed by atoms with van der Waals surface area (Å²) >= 11 is 0. The van der Waals surface area contributed by atoms with E-state index < -0.39 is 16.0 Å². The van der Waals surface area contributed by atoms with Crippen LogP contribution < -0.4 is 13.8 Å². The van der Waals surface area contributed by atoms with Gasteiger partial charge in [0.2, 0.25) is 10.0 Å². The van der Waals surface area contributed by atoms with Crippen LogP contribution in [0.1, 0.15) is 22.8 Å². The molecule has 1 aliphatic rings. The fourth-order valence-corrected chi connectivity index (χ4v) is 4.55. The van der Waals surface area contributed by atoms with Crippen LogP contribution in [0.15, 0.2) is 42.5 Å². The van der Waals surface area contributed by atoms with E-state index in [0.29, 0.717) is 23.4 Å². The highest BCUT2D eigenvalue weighted by Crippen LogP contribution is 2.34. The molecule has 150 valence electrons. The Balaban J connectivity index is 1.56. The Morgan fingerprint density at radius 2 is 1.79 bits per heavy atom. The molecule has 2 aromatic carbocycles. The third-order valence-electron chi connectivity index (χ3n) is 4.47. The lowest BCUT2D eigenvalue weighted by atomic mass is 10.1. The second kappa shape index (κ2) is 8.10. The topological polar surface area (TPSA) is 82.1 Å². The standard InChI is InChI=1S/C20H23NO6S/c1-14-12-16-13-15(4-9-19(16)21(14)28(3,23)24)20(22)27-11-10-26-18-7-5-17(25-2)6-8-18/h4-9,13-14H,10-12H2,1-3H3. The molecule has 0 saturated heterocycles. The number of benzene rings is 2. The molecule has 0 N–H and O–H groups in total. The molecule has 1 atom stereocenters. The molecule has 28 heavy (non-hydrogen) atoms. The van der Waals surface area contributed by atoms with Crippen molar-refractivity contribution in [1.82, 2.24) is 0 Å². The zero-order valence-electron chi connectivity index (χ0n) is 16.0. The Bertz CT molecular complexity index is 955. The van der Waals surface area contributed by atoms with Crippen molar-refractivity contribution in [1.29, 1.82) is 0 Å². The third-order valence-corrected chi connectivity index (χ3v) is 5.74. The van der Waals surface area contributed by atoms with Crippen molar-refractivity contribution in [2.75, 3.05) is 30.9 Å². The molecule has 0 aliphatic carbocycles. The predicted octanol–water partition coefficient (Wildman–Crippen LogP) is 2.64. The zero-order valence-corrected chi connectivity index (χ0v) is 16.9. The molecule has 0 fully saturated rings. The summed E-state index contributed by atoms with van der Waals surface area (Å²) in [6.45, 7) is 2.17. The number of carbonyl (C=O) groups is 1. The van der Waals surface area contributed by atoms with E-state index in [9.17, 15) is 13.2 Å². The van der Waals surface area contributed by atoms with Crippen LogP contribution in [-0.4, -0.2) is 47.0 Å². The summed E-state index contributed by atoms with van der Waals surface area (Å²) < 4.78 is 41.2. The summed E-state index contributed by atoms with van der Waals surface area (Å²) in [7, 11) is -1.76. The Morgan fingerprint density at radius 1 is 1.11 bits per heavy atom. The lowest BCUT2D eigenvalue weighted by Gasteiger charge is -2.21. The van der Waals surface area contributed by atoms with Gasteiger partial charge in [-0.05, 0) is 61.4 Å². The summed E-state index contributed by atoms with van der Waals surface area (Å²) in [5, 5.41) is 0. The first-order valence-electron chi connectivity index (χ1n) is 8.86. The van der Waals surface area contributed by atoms with E-state index in [-0.39, 0.29) is 19.3 Å². The fraction of sp³-hybridized carbons (Fsp3) is 0.350. The van der Waals surface area contributed by atoms with E-state index in [1.54, 1.807) is 49.6 Å². The van der Waals surface area contributed by atoms with Crippen molar-refractivity contribution in [3.63, 3.8) is 0 Å². The SMILES string of the molecule is COc1ccc(OCCOC(=O)c2ccc3c(c2)CC(C)N3S(C)(=O)=O)cc1. The van der Waals surface area contributed by atoms with E-state index in [0.717, 1.165) is 11.3 Å². The number of anilines is 1. The monoisotopic (exact) mass is 405 g/mol. The second-order valence-corrected chi connectivity index (χ2v) is 8.47. The molecule has 1 heterocycles. The Morgan fingerprint density at radius 3 is 2.43 bits per heavy atom. The molecular formula is C20H23NO6S. The number of esters is 1. The summed E-state index contributed by atoms with van der Waals surface area (Å²) in [5.74, 6) is 0.926. The Labute approximate surface area is 164 Å². The number of hydrogen-bond donors (Lipinski definition) is 0. The smallest absolute Gasteiger partial charge is 0.338 e. The van der Waals surface area contributed by atoms with Gasteiger partial charge in [-0.2, -0.15) is 0 Å². The van der Waals surface area contributed by atoms with Crippen LogP contribution in [0.25, 0.3) is 0 Å². The van der Waals surface area contributed by atoms with Crippen molar-refractivity contribution in [2.24, 2.45) is 0 Å². The molecule has 3 rings (SSSR count). The third kappa shape index (κ3) is 4.39. The minimum Gasteiger partial charge on any atom is -0.497 e. The van der Waals surface area contributed by atoms with Crippen LogP contribution in [-0.2, 0) is 21.2 Å². The zero-order chi connectivity index (χ0) is 20.3. The van der Waals surface area contributed by atoms with Gasteiger partial charge in [-0.15, -0.1) is 0 Å². The number of methoxy groups -OCH3 is 1. The van der Waals surface area contributed by atoms with Crippen LogP contribution in [0.2, 0.25) is 0 Å². The van der Waals surface area contributed by atoms with Crippen LogP contribution in [0.4, 0.5) is 5.69 Å². The van der Waals surface area contributed by atoms with Crippen molar-refractivity contribution >= 4 is 21.7 Å². The largest absolute Gasteiger partial charge is 0.497 e. The first kappa shape index (κ1) is 20.0. The average Bonchev–Trinajstić information content (AvgIpc) is 3.00. The molecule has 1 unspecified atom stereocenters. The normalized spacial score (nSPS) is 15.8. The van der Waals surface area contributed by atoms with E-state index >= 15 is 0 Å². The summed E-state index contributed by atoms with van der Waals surface area (Å²) in [4.78, 5) is 12.3. The molecule has 7 nitrogen and oxygen atoms in total. The number of hydrogen-bond acceptors (Lipinski definition) is 6. The van der Waals surface area contributed by atoms with E-state index in [2.05, 4.69) is 0 Å². The summed E-state index contributed by atoms with van der Waals surface area (Å²) in [6.07, 6.45) is 1.74. The number of carbonyl (C=O) groups excluding carboxylic acids is 1. The van der Waals surface area contributed by atoms with Gasteiger partial charge >= 0.3 is 5.97 Å². The lowest BCUT2D eigenvalue weighted by molar-refractivity contribution is 0.0450. The first-order valence-corrected chi connectivity index (χ1v) is 10.7. The van der Waals surface area contributed by atoms with Crippen LogP contribution in [0.5, 0.6) is 11.5 Å². The minimum atomic E-state index is -3.35. The summed E-state index contributed by atoms with van der Waals surface area (Å²) in [5.41, 5.74) is 1.84. The Kier molecular flexibility index (Phi) is 5.79. The molecule has 0 amide bonds. The molecule has 8 heteroatoms. The van der Waals surface area contributed by atoms with Gasteiger partial charge in [-0.25, -0.2) is 13.2 Å². The molecule has 1 aliphatic heterocycles. The van der Waals surface area contributed by atoms with Gasteiger partial charge in [0.25, 0.3) is 0 Å². The van der Waals surface area contributed by atoms with Crippen LogP contribution >= 0.6 is 0 Å². The number of rotatable bonds is 7. The minimum absolute atomic E-state index is 0.105. The summed E-state index contributed by atoms with van der Waals surface area (Å²) in [6, 6.07) is 11.9. The molecule has 0 aromatic heterocycles. The molecule has 0 bridgehead atoms. The second-order valence-electron chi connectivity index (χ2n) is 6.62. The average molecular weight is 405 g/mol. The van der Waals surface area contributed by atoms with Crippen molar-refractivity contribution < 1.29 is 27.4 Å². The molecule has 0 saturated carbocycles. The maximum atomic E-state index is 12.3. The van der Waals surface area contributed by atoms with Gasteiger partial charge in [-0.3, -0.25) is 4.31 Å². The van der Waals surface area contributed by atoms with Gasteiger partial charge in [0.05, 0.1) is 24.6 Å². The number of sulfonamides is 1. The predicted molar refractivity (Wildman–Crippen MR) is 106 cm³/mol. The van der Waals surface area contributed by atoms with E-state index in [1.165, 1.54) is 10.6 Å². The van der Waals surface area contributed by atoms with Crippen LogP contribution in [0.3, 0.4) is 0 Å². The highest BCUT2D eigenvalue weighted by Gasteiger charge is 2.32. The molecule has 0 radical (unpaired) electrons. The maximum Gasteiger partial charge on any atom is 0.338 e. The highest BCUT2D eigenvalue weighted by molar-refractivity contribution is 7.92. The molecule has 0 spiro atoms. The fourth-order valence-electron chi connectivity index (χ4n) is 3.28. The number of nitrogens with zero attached hydrogens (tertiary/aromatic N) is 1. The van der Waals surface area contributed by atoms with Crippen LogP contribution in [0, 0.1) is 0 Å². The molecular weight excluding hydrogens is 382 g/mol. The van der Waals surface area contributed by atoms with Gasteiger partial charge in [0, 0.05) is 6.04 Å². The van der Waals surface area contributed by atoms with Gasteiger partial charge < -0.3 is 14.2 Å². The Hall–Kier alpha value is -2.74. The van der Waals surface area contributed by atoms with Gasteiger partial charge in [0.15, 0.2) is 0 Å². The van der Waals surface area contributed by atoms with Gasteiger partial charge in [-0.1, -0.05) is 0 Å². The molecule has 2 aromatic rings. The first-order chi connectivity index (χ1) is 13.3. The van der Waals surface area contributed by atoms with E-state index in [1.807, 2.05) is 6.92 Å². The van der Waals surface area contributed by atoms with Crippen molar-refractivity contribution in [2.45, 2.75) is 19.4 Å². The lowest BCUT2D eigenvalue weighted by Crippen LogP contribution is -2.34. The number of ether oxygens (including phenoxy) is 3.